The van der Waals surface area contributed by atoms with Crippen LogP contribution >= 0.6 is 11.6 Å². The van der Waals surface area contributed by atoms with Gasteiger partial charge in [-0.2, -0.15) is 10.2 Å². The average molecular weight is 437 g/mol. The fraction of sp³-hybridized carbons (Fsp3) is 0.304. The Kier molecular flexibility index (Phi) is 5.78. The van der Waals surface area contributed by atoms with Crippen molar-refractivity contribution in [2.45, 2.75) is 33.7 Å². The van der Waals surface area contributed by atoms with E-state index in [1.807, 2.05) is 69.0 Å². The van der Waals surface area contributed by atoms with Gasteiger partial charge in [0.25, 0.3) is 5.91 Å². The van der Waals surface area contributed by atoms with Crippen LogP contribution in [0.5, 0.6) is 0 Å². The molecular weight excluding hydrogens is 412 g/mol. The second-order valence-corrected chi connectivity index (χ2v) is 8.07. The topological polar surface area (TPSA) is 77.6 Å². The Morgan fingerprint density at radius 1 is 1.13 bits per heavy atom. The molecule has 0 radical (unpaired) electrons. The van der Waals surface area contributed by atoms with Gasteiger partial charge in [0.15, 0.2) is 0 Å². The van der Waals surface area contributed by atoms with Crippen molar-refractivity contribution in [1.29, 1.82) is 0 Å². The normalized spacial score (nSPS) is 11.3. The molecule has 4 aromatic rings. The number of carbonyl (C=O) groups is 1. The van der Waals surface area contributed by atoms with Crippen LogP contribution in [-0.2, 0) is 13.6 Å². The molecule has 0 atom stereocenters. The second kappa shape index (κ2) is 8.51. The predicted molar refractivity (Wildman–Crippen MR) is 122 cm³/mol. The summed E-state index contributed by atoms with van der Waals surface area (Å²) in [7, 11) is 1.88. The number of halogens is 1. The maximum Gasteiger partial charge on any atom is 0.252 e. The van der Waals surface area contributed by atoms with Crippen LogP contribution in [0.25, 0.3) is 22.2 Å². The number of hydrogen-bond donors (Lipinski definition) is 1. The van der Waals surface area contributed by atoms with Crippen molar-refractivity contribution in [1.82, 2.24) is 29.9 Å². The van der Waals surface area contributed by atoms with E-state index < -0.39 is 0 Å². The first-order valence-corrected chi connectivity index (χ1v) is 10.6. The molecular formula is C23H25ClN6O. The summed E-state index contributed by atoms with van der Waals surface area (Å²) < 4.78 is 3.64. The lowest BCUT2D eigenvalue weighted by molar-refractivity contribution is 0.0954. The van der Waals surface area contributed by atoms with Gasteiger partial charge < -0.3 is 5.32 Å². The molecule has 1 N–H and O–H groups in total. The van der Waals surface area contributed by atoms with Gasteiger partial charge in [0.2, 0.25) is 0 Å². The maximum atomic E-state index is 13.1. The largest absolute Gasteiger partial charge is 0.352 e. The average Bonchev–Trinajstić information content (AvgIpc) is 3.22. The quantitative estimate of drug-likeness (QED) is 0.459. The molecule has 1 amide bonds. The molecule has 0 aliphatic heterocycles. The molecule has 1 aromatic carbocycles. The number of pyridine rings is 1. The summed E-state index contributed by atoms with van der Waals surface area (Å²) in [6, 6.07) is 9.55. The Balaban J connectivity index is 1.54. The Morgan fingerprint density at radius 2 is 1.90 bits per heavy atom. The lowest BCUT2D eigenvalue weighted by atomic mass is 10.0. The first-order chi connectivity index (χ1) is 14.8. The maximum absolute atomic E-state index is 13.1. The van der Waals surface area contributed by atoms with Crippen LogP contribution in [-0.4, -0.2) is 37.0 Å². The zero-order valence-electron chi connectivity index (χ0n) is 18.1. The molecule has 0 unspecified atom stereocenters. The minimum absolute atomic E-state index is 0.118. The van der Waals surface area contributed by atoms with E-state index in [2.05, 4.69) is 15.5 Å². The van der Waals surface area contributed by atoms with Gasteiger partial charge in [-0.05, 0) is 39.3 Å². The minimum atomic E-state index is -0.118. The molecule has 0 aliphatic rings. The highest BCUT2D eigenvalue weighted by atomic mass is 35.5. The number of nitrogens with zero attached hydrogens (tertiary/aromatic N) is 5. The molecule has 7 nitrogen and oxygen atoms in total. The standard InChI is InChI=1S/C23H25ClN6O/c1-14-19(13-29(4)27-14)21-12-18(17-8-5-6-9-20(17)26-21)23(31)25-10-7-11-30-16(3)22(24)15(2)28-30/h5-6,8-9,12-13H,7,10-11H2,1-4H3,(H,25,31). The van der Waals surface area contributed by atoms with Crippen molar-refractivity contribution in [3.8, 4) is 11.3 Å². The van der Waals surface area contributed by atoms with Gasteiger partial charge in [0.05, 0.1) is 38.9 Å². The molecule has 160 valence electrons. The van der Waals surface area contributed by atoms with E-state index in [9.17, 15) is 4.79 Å². The number of benzene rings is 1. The number of amides is 1. The molecule has 3 aromatic heterocycles. The van der Waals surface area contributed by atoms with Crippen molar-refractivity contribution in [3.05, 3.63) is 64.2 Å². The SMILES string of the molecule is Cc1nn(C)cc1-c1cc(C(=O)NCCCn2nc(C)c(Cl)c2C)c2ccccc2n1. The summed E-state index contributed by atoms with van der Waals surface area (Å²) in [5.74, 6) is -0.118. The number of carbonyl (C=O) groups excluding carboxylic acids is 1. The molecule has 8 heteroatoms. The van der Waals surface area contributed by atoms with Crippen LogP contribution in [0, 0.1) is 20.8 Å². The van der Waals surface area contributed by atoms with Crippen molar-refractivity contribution < 1.29 is 4.79 Å². The Morgan fingerprint density at radius 3 is 2.58 bits per heavy atom. The number of aryl methyl sites for hydroxylation is 4. The lowest BCUT2D eigenvalue weighted by Gasteiger charge is -2.11. The lowest BCUT2D eigenvalue weighted by Crippen LogP contribution is -2.26. The first kappa shape index (κ1) is 21.1. The summed E-state index contributed by atoms with van der Waals surface area (Å²) in [4.78, 5) is 17.8. The van der Waals surface area contributed by atoms with E-state index in [0.717, 1.165) is 45.7 Å². The third kappa shape index (κ3) is 4.18. The van der Waals surface area contributed by atoms with E-state index in [0.29, 0.717) is 23.7 Å². The van der Waals surface area contributed by atoms with Crippen LogP contribution in [0.15, 0.2) is 36.5 Å². The van der Waals surface area contributed by atoms with Gasteiger partial charge in [-0.1, -0.05) is 29.8 Å². The van der Waals surface area contributed by atoms with Crippen LogP contribution in [0.3, 0.4) is 0 Å². The van der Waals surface area contributed by atoms with Crippen molar-refractivity contribution in [3.63, 3.8) is 0 Å². The molecule has 4 rings (SSSR count). The number of hydrogen-bond acceptors (Lipinski definition) is 4. The van der Waals surface area contributed by atoms with E-state index in [-0.39, 0.29) is 5.91 Å². The zero-order valence-corrected chi connectivity index (χ0v) is 18.9. The highest BCUT2D eigenvalue weighted by molar-refractivity contribution is 6.31. The van der Waals surface area contributed by atoms with E-state index in [1.54, 1.807) is 4.68 Å². The van der Waals surface area contributed by atoms with Crippen LogP contribution in [0.1, 0.15) is 33.9 Å². The third-order valence-corrected chi connectivity index (χ3v) is 5.92. The minimum Gasteiger partial charge on any atom is -0.352 e. The van der Waals surface area contributed by atoms with Gasteiger partial charge in [0, 0.05) is 37.3 Å². The summed E-state index contributed by atoms with van der Waals surface area (Å²) in [6.45, 7) is 7.01. The Hall–Kier alpha value is -3.19. The number of fused-ring (bicyclic) bond motifs is 1. The molecule has 0 saturated carbocycles. The number of aromatic nitrogens is 5. The third-order valence-electron chi connectivity index (χ3n) is 5.38. The van der Waals surface area contributed by atoms with E-state index in [4.69, 9.17) is 16.6 Å². The van der Waals surface area contributed by atoms with Gasteiger partial charge in [-0.3, -0.25) is 14.2 Å². The monoisotopic (exact) mass is 436 g/mol. The highest BCUT2D eigenvalue weighted by Crippen LogP contribution is 2.26. The number of rotatable bonds is 6. The van der Waals surface area contributed by atoms with Crippen molar-refractivity contribution >= 4 is 28.4 Å². The fourth-order valence-corrected chi connectivity index (χ4v) is 3.91. The predicted octanol–water partition coefficient (Wildman–Crippen LogP) is 4.23. The van der Waals surface area contributed by atoms with Crippen molar-refractivity contribution in [2.75, 3.05) is 6.54 Å². The summed E-state index contributed by atoms with van der Waals surface area (Å²) in [5.41, 5.74) is 5.70. The van der Waals surface area contributed by atoms with E-state index >= 15 is 0 Å². The molecule has 0 fully saturated rings. The molecule has 0 aliphatic carbocycles. The molecule has 31 heavy (non-hydrogen) atoms. The Labute approximate surface area is 186 Å². The van der Waals surface area contributed by atoms with Crippen LogP contribution < -0.4 is 5.32 Å². The van der Waals surface area contributed by atoms with Gasteiger partial charge in [0.1, 0.15) is 0 Å². The summed E-state index contributed by atoms with van der Waals surface area (Å²) in [6.07, 6.45) is 2.68. The molecule has 0 spiro atoms. The van der Waals surface area contributed by atoms with E-state index in [1.165, 1.54) is 0 Å². The van der Waals surface area contributed by atoms with Crippen molar-refractivity contribution in [2.24, 2.45) is 7.05 Å². The smallest absolute Gasteiger partial charge is 0.252 e. The van der Waals surface area contributed by atoms with Crippen LogP contribution in [0.2, 0.25) is 5.02 Å². The number of nitrogens with one attached hydrogen (secondary N) is 1. The number of para-hydroxylation sites is 1. The summed E-state index contributed by atoms with van der Waals surface area (Å²) >= 11 is 6.21. The Bertz CT molecular complexity index is 1270. The second-order valence-electron chi connectivity index (χ2n) is 7.69. The van der Waals surface area contributed by atoms with Gasteiger partial charge >= 0.3 is 0 Å². The fourth-order valence-electron chi connectivity index (χ4n) is 3.77. The summed E-state index contributed by atoms with van der Waals surface area (Å²) in [5, 5.41) is 13.4. The van der Waals surface area contributed by atoms with Gasteiger partial charge in [-0.25, -0.2) is 4.98 Å². The highest BCUT2D eigenvalue weighted by Gasteiger charge is 2.16. The zero-order chi connectivity index (χ0) is 22.1. The van der Waals surface area contributed by atoms with Gasteiger partial charge in [-0.15, -0.1) is 0 Å². The molecule has 0 saturated heterocycles. The van der Waals surface area contributed by atoms with Crippen LogP contribution in [0.4, 0.5) is 0 Å². The first-order valence-electron chi connectivity index (χ1n) is 10.2. The molecule has 3 heterocycles. The molecule has 0 bridgehead atoms.